The first-order chi connectivity index (χ1) is 10.6. The van der Waals surface area contributed by atoms with Crippen LogP contribution in [0.25, 0.3) is 0 Å². The van der Waals surface area contributed by atoms with Crippen LogP contribution in [0, 0.1) is 11.6 Å². The summed E-state index contributed by atoms with van der Waals surface area (Å²) in [5.41, 5.74) is 0.635. The molecule has 1 fully saturated rings. The van der Waals surface area contributed by atoms with Crippen LogP contribution in [0.15, 0.2) is 48.5 Å². The number of carbonyl (C=O) groups excluding carboxylic acids is 2. The van der Waals surface area contributed by atoms with Gasteiger partial charge in [-0.15, -0.1) is 0 Å². The Bertz CT molecular complexity index is 733. The van der Waals surface area contributed by atoms with Crippen molar-refractivity contribution in [2.24, 2.45) is 0 Å². The molecule has 0 bridgehead atoms. The normalized spacial score (nSPS) is 20.4. The third-order valence-corrected chi connectivity index (χ3v) is 3.43. The van der Waals surface area contributed by atoms with Gasteiger partial charge in [-0.05, 0) is 17.7 Å². The molecule has 0 saturated carbocycles. The highest BCUT2D eigenvalue weighted by atomic mass is 19.2. The van der Waals surface area contributed by atoms with Crippen molar-refractivity contribution < 1.29 is 23.1 Å². The second-order valence-electron chi connectivity index (χ2n) is 4.85. The van der Waals surface area contributed by atoms with Crippen molar-refractivity contribution in [2.75, 3.05) is 0 Å². The molecule has 2 aromatic carbocycles. The molecule has 6 heteroatoms. The molecular formula is C16H11F2NO3. The average Bonchev–Trinajstić information content (AvgIpc) is 2.92. The van der Waals surface area contributed by atoms with E-state index in [-0.39, 0.29) is 5.56 Å². The number of rotatable bonds is 3. The Morgan fingerprint density at radius 2 is 1.77 bits per heavy atom. The largest absolute Gasteiger partial charge is 0.435 e. The van der Waals surface area contributed by atoms with Crippen molar-refractivity contribution in [1.82, 2.24) is 5.32 Å². The van der Waals surface area contributed by atoms with Crippen LogP contribution in [0.3, 0.4) is 0 Å². The van der Waals surface area contributed by atoms with Gasteiger partial charge in [0.1, 0.15) is 6.04 Å². The third-order valence-electron chi connectivity index (χ3n) is 3.43. The van der Waals surface area contributed by atoms with Crippen LogP contribution in [0.5, 0.6) is 0 Å². The number of amides is 1. The SMILES string of the molecule is O=C1N[C@@H](c2ccc(F)c(F)c2)[C@H](C(=O)c2ccccc2)O1. The van der Waals surface area contributed by atoms with Gasteiger partial charge in [-0.1, -0.05) is 36.4 Å². The summed E-state index contributed by atoms with van der Waals surface area (Å²) in [6, 6.07) is 10.6. The number of hydrogen-bond acceptors (Lipinski definition) is 3. The molecule has 0 radical (unpaired) electrons. The standard InChI is InChI=1S/C16H11F2NO3/c17-11-7-6-10(8-12(11)18)13-15(22-16(21)19-13)14(20)9-4-2-1-3-5-9/h1-8,13,15H,(H,19,21)/t13-,15+/m0/s1. The number of cyclic esters (lactones) is 1. The maximum atomic E-state index is 13.4. The Balaban J connectivity index is 1.94. The van der Waals surface area contributed by atoms with Crippen molar-refractivity contribution in [3.63, 3.8) is 0 Å². The van der Waals surface area contributed by atoms with Crippen LogP contribution >= 0.6 is 0 Å². The molecule has 0 unspecified atom stereocenters. The molecule has 1 aliphatic rings. The first-order valence-corrected chi connectivity index (χ1v) is 6.57. The molecule has 0 aromatic heterocycles. The van der Waals surface area contributed by atoms with Crippen LogP contribution in [0.1, 0.15) is 22.0 Å². The Kier molecular flexibility index (Phi) is 3.58. The van der Waals surface area contributed by atoms with E-state index < -0.39 is 35.7 Å². The third kappa shape index (κ3) is 2.55. The first kappa shape index (κ1) is 14.2. The summed E-state index contributed by atoms with van der Waals surface area (Å²) in [6.07, 6.45) is -1.90. The van der Waals surface area contributed by atoms with E-state index in [9.17, 15) is 18.4 Å². The molecule has 22 heavy (non-hydrogen) atoms. The van der Waals surface area contributed by atoms with E-state index in [1.165, 1.54) is 6.07 Å². The number of hydrogen-bond donors (Lipinski definition) is 1. The van der Waals surface area contributed by atoms with Gasteiger partial charge >= 0.3 is 6.09 Å². The van der Waals surface area contributed by atoms with Gasteiger partial charge in [0.15, 0.2) is 17.7 Å². The summed E-state index contributed by atoms with van der Waals surface area (Å²) in [5, 5.41) is 2.45. The summed E-state index contributed by atoms with van der Waals surface area (Å²) in [7, 11) is 0. The molecule has 1 aliphatic heterocycles. The van der Waals surface area contributed by atoms with Gasteiger partial charge in [-0.3, -0.25) is 4.79 Å². The number of ether oxygens (including phenoxy) is 1. The second kappa shape index (κ2) is 5.55. The molecule has 4 nitrogen and oxygen atoms in total. The highest BCUT2D eigenvalue weighted by molar-refractivity contribution is 6.02. The molecule has 1 amide bonds. The van der Waals surface area contributed by atoms with E-state index in [0.29, 0.717) is 5.56 Å². The molecule has 0 aliphatic carbocycles. The monoisotopic (exact) mass is 303 g/mol. The number of carbonyl (C=O) groups is 2. The lowest BCUT2D eigenvalue weighted by Crippen LogP contribution is -2.29. The fourth-order valence-electron chi connectivity index (χ4n) is 2.36. The van der Waals surface area contributed by atoms with Crippen molar-refractivity contribution in [3.05, 3.63) is 71.3 Å². The smallest absolute Gasteiger partial charge is 0.408 e. The van der Waals surface area contributed by atoms with Crippen LogP contribution in [0.2, 0.25) is 0 Å². The molecule has 2 aromatic rings. The van der Waals surface area contributed by atoms with E-state index in [2.05, 4.69) is 5.32 Å². The van der Waals surface area contributed by atoms with Crippen LogP contribution < -0.4 is 5.32 Å². The van der Waals surface area contributed by atoms with Gasteiger partial charge in [0, 0.05) is 5.56 Å². The second-order valence-corrected chi connectivity index (χ2v) is 4.85. The van der Waals surface area contributed by atoms with Gasteiger partial charge in [0.25, 0.3) is 0 Å². The zero-order valence-electron chi connectivity index (χ0n) is 11.3. The minimum Gasteiger partial charge on any atom is -0.435 e. The number of halogens is 2. The van der Waals surface area contributed by atoms with Crippen molar-refractivity contribution in [3.8, 4) is 0 Å². The number of nitrogens with one attached hydrogen (secondary N) is 1. The van der Waals surface area contributed by atoms with Crippen LogP contribution in [-0.2, 0) is 4.74 Å². The summed E-state index contributed by atoms with van der Waals surface area (Å²) >= 11 is 0. The minimum absolute atomic E-state index is 0.263. The number of benzene rings is 2. The molecule has 1 heterocycles. The Labute approximate surface area is 124 Å². The van der Waals surface area contributed by atoms with E-state index >= 15 is 0 Å². The van der Waals surface area contributed by atoms with Crippen LogP contribution in [0.4, 0.5) is 13.6 Å². The first-order valence-electron chi connectivity index (χ1n) is 6.57. The summed E-state index contributed by atoms with van der Waals surface area (Å²) in [5.74, 6) is -2.46. The zero-order chi connectivity index (χ0) is 15.7. The van der Waals surface area contributed by atoms with Crippen molar-refractivity contribution >= 4 is 11.9 Å². The zero-order valence-corrected chi connectivity index (χ0v) is 11.3. The minimum atomic E-state index is -1.13. The molecule has 2 atom stereocenters. The molecule has 3 rings (SSSR count). The molecule has 1 N–H and O–H groups in total. The predicted octanol–water partition coefficient (Wildman–Crippen LogP) is 3.00. The fourth-order valence-corrected chi connectivity index (χ4v) is 2.36. The fraction of sp³-hybridized carbons (Fsp3) is 0.125. The summed E-state index contributed by atoms with van der Waals surface area (Å²) < 4.78 is 31.4. The Morgan fingerprint density at radius 3 is 2.45 bits per heavy atom. The highest BCUT2D eigenvalue weighted by Gasteiger charge is 2.40. The number of alkyl carbamates (subject to hydrolysis) is 1. The lowest BCUT2D eigenvalue weighted by Gasteiger charge is -2.16. The average molecular weight is 303 g/mol. The molecular weight excluding hydrogens is 292 g/mol. The summed E-state index contributed by atoms with van der Waals surface area (Å²) in [4.78, 5) is 23.9. The molecule has 112 valence electrons. The predicted molar refractivity (Wildman–Crippen MR) is 73.3 cm³/mol. The molecule has 0 spiro atoms. The number of Topliss-reactive ketones (excluding diaryl/α,β-unsaturated/α-hetero) is 1. The van der Waals surface area contributed by atoms with Gasteiger partial charge in [-0.25, -0.2) is 13.6 Å². The lowest BCUT2D eigenvalue weighted by molar-refractivity contribution is 0.0721. The van der Waals surface area contributed by atoms with Gasteiger partial charge < -0.3 is 10.1 Å². The van der Waals surface area contributed by atoms with Gasteiger partial charge in [-0.2, -0.15) is 0 Å². The molecule has 1 saturated heterocycles. The highest BCUT2D eigenvalue weighted by Crippen LogP contribution is 2.28. The maximum absolute atomic E-state index is 13.4. The van der Waals surface area contributed by atoms with E-state index in [1.807, 2.05) is 0 Å². The lowest BCUT2D eigenvalue weighted by atomic mass is 9.95. The summed E-state index contributed by atoms with van der Waals surface area (Å²) in [6.45, 7) is 0. The van der Waals surface area contributed by atoms with Gasteiger partial charge in [0.05, 0.1) is 0 Å². The van der Waals surface area contributed by atoms with E-state index in [0.717, 1.165) is 12.1 Å². The van der Waals surface area contributed by atoms with Gasteiger partial charge in [0.2, 0.25) is 5.78 Å². The van der Waals surface area contributed by atoms with E-state index in [4.69, 9.17) is 4.74 Å². The number of ketones is 1. The Hall–Kier alpha value is -2.76. The topological polar surface area (TPSA) is 55.4 Å². The maximum Gasteiger partial charge on any atom is 0.408 e. The Morgan fingerprint density at radius 1 is 1.05 bits per heavy atom. The quantitative estimate of drug-likeness (QED) is 0.887. The van der Waals surface area contributed by atoms with E-state index in [1.54, 1.807) is 30.3 Å². The van der Waals surface area contributed by atoms with Crippen molar-refractivity contribution in [2.45, 2.75) is 12.1 Å². The van der Waals surface area contributed by atoms with Crippen molar-refractivity contribution in [1.29, 1.82) is 0 Å². The van der Waals surface area contributed by atoms with Crippen LogP contribution in [-0.4, -0.2) is 18.0 Å².